The Balaban J connectivity index is 1.77. The second-order valence-electron chi connectivity index (χ2n) is 11.5. The number of amides is 1. The summed E-state index contributed by atoms with van der Waals surface area (Å²) >= 11 is 0. The average molecular weight is 633 g/mol. The summed E-state index contributed by atoms with van der Waals surface area (Å²) in [6.07, 6.45) is -5.16. The SMILES string of the molecule is COCC(C)(NC(C)=O)c1cc(-c2ccc(F)c(C)c2)nc(C(O)(CCC(=O)c2ccc(OC3CC3)c(OC)c2)C(F)(F)F)c1. The van der Waals surface area contributed by atoms with E-state index >= 15 is 0 Å². The van der Waals surface area contributed by atoms with Crippen LogP contribution in [0.15, 0.2) is 48.5 Å². The molecule has 0 radical (unpaired) electrons. The van der Waals surface area contributed by atoms with Crippen molar-refractivity contribution in [1.82, 2.24) is 10.3 Å². The molecule has 0 aliphatic heterocycles. The number of pyridine rings is 1. The molecule has 1 aliphatic carbocycles. The van der Waals surface area contributed by atoms with Crippen LogP contribution in [-0.4, -0.2) is 54.9 Å². The second kappa shape index (κ2) is 13.1. The number of benzene rings is 2. The molecule has 1 fully saturated rings. The van der Waals surface area contributed by atoms with Crippen LogP contribution >= 0.6 is 0 Å². The second-order valence-corrected chi connectivity index (χ2v) is 11.5. The van der Waals surface area contributed by atoms with E-state index in [9.17, 15) is 32.3 Å². The molecule has 12 heteroatoms. The number of aryl methyl sites for hydroxylation is 1. The molecule has 2 N–H and O–H groups in total. The lowest BCUT2D eigenvalue weighted by Crippen LogP contribution is -2.47. The van der Waals surface area contributed by atoms with Gasteiger partial charge >= 0.3 is 6.18 Å². The first-order valence-electron chi connectivity index (χ1n) is 14.3. The van der Waals surface area contributed by atoms with Gasteiger partial charge in [-0.2, -0.15) is 13.2 Å². The van der Waals surface area contributed by atoms with E-state index in [1.165, 1.54) is 64.5 Å². The number of halogens is 4. The van der Waals surface area contributed by atoms with Gasteiger partial charge in [0.15, 0.2) is 17.3 Å². The summed E-state index contributed by atoms with van der Waals surface area (Å²) in [5.74, 6) is -0.976. The number of ketones is 1. The molecule has 0 spiro atoms. The Labute approximate surface area is 258 Å². The number of alkyl halides is 3. The molecule has 0 saturated heterocycles. The van der Waals surface area contributed by atoms with E-state index in [4.69, 9.17) is 14.2 Å². The lowest BCUT2D eigenvalue weighted by molar-refractivity contribution is -0.270. The van der Waals surface area contributed by atoms with Crippen LogP contribution in [0.1, 0.15) is 66.7 Å². The summed E-state index contributed by atoms with van der Waals surface area (Å²) in [5.41, 5.74) is -4.99. The fourth-order valence-electron chi connectivity index (χ4n) is 5.04. The number of carbonyl (C=O) groups is 2. The number of aromatic nitrogens is 1. The van der Waals surface area contributed by atoms with E-state index in [-0.39, 0.29) is 46.4 Å². The van der Waals surface area contributed by atoms with Crippen molar-refractivity contribution in [2.75, 3.05) is 20.8 Å². The maximum Gasteiger partial charge on any atom is 0.422 e. The molecular weight excluding hydrogens is 596 g/mol. The number of carbonyl (C=O) groups excluding carboxylic acids is 2. The van der Waals surface area contributed by atoms with Crippen LogP contribution < -0.4 is 14.8 Å². The van der Waals surface area contributed by atoms with Gasteiger partial charge < -0.3 is 24.6 Å². The van der Waals surface area contributed by atoms with Gasteiger partial charge in [0, 0.05) is 31.6 Å². The van der Waals surface area contributed by atoms with Crippen LogP contribution in [0.2, 0.25) is 0 Å². The maximum atomic E-state index is 14.8. The highest BCUT2D eigenvalue weighted by molar-refractivity contribution is 5.96. The van der Waals surface area contributed by atoms with Crippen LogP contribution in [0.5, 0.6) is 11.5 Å². The first-order valence-corrected chi connectivity index (χ1v) is 14.3. The predicted octanol–water partition coefficient (Wildman–Crippen LogP) is 6.16. The van der Waals surface area contributed by atoms with Gasteiger partial charge in [-0.3, -0.25) is 9.59 Å². The van der Waals surface area contributed by atoms with E-state index < -0.39 is 53.4 Å². The van der Waals surface area contributed by atoms with Crippen LogP contribution in [0.25, 0.3) is 11.3 Å². The number of methoxy groups -OCH3 is 2. The van der Waals surface area contributed by atoms with Crippen LogP contribution in [0, 0.1) is 12.7 Å². The molecule has 4 rings (SSSR count). The summed E-state index contributed by atoms with van der Waals surface area (Å²) < 4.78 is 74.8. The van der Waals surface area contributed by atoms with Gasteiger partial charge in [-0.05, 0) is 92.8 Å². The van der Waals surface area contributed by atoms with Gasteiger partial charge in [0.2, 0.25) is 11.5 Å². The molecule has 1 heterocycles. The number of hydrogen-bond donors (Lipinski definition) is 2. The molecule has 8 nitrogen and oxygen atoms in total. The molecule has 2 unspecified atom stereocenters. The average Bonchev–Trinajstić information content (AvgIpc) is 3.80. The molecule has 242 valence electrons. The van der Waals surface area contributed by atoms with E-state index in [0.717, 1.165) is 25.0 Å². The number of rotatable bonds is 13. The first-order chi connectivity index (χ1) is 21.1. The van der Waals surface area contributed by atoms with E-state index in [1.807, 2.05) is 0 Å². The number of hydrogen-bond acceptors (Lipinski definition) is 7. The molecular formula is C33H36F4N2O6. The number of nitrogens with one attached hydrogen (secondary N) is 1. The third-order valence-corrected chi connectivity index (χ3v) is 7.71. The van der Waals surface area contributed by atoms with Crippen LogP contribution in [0.3, 0.4) is 0 Å². The van der Waals surface area contributed by atoms with Crippen molar-refractivity contribution in [2.45, 2.75) is 69.9 Å². The first kappa shape index (κ1) is 33.9. The molecule has 1 saturated carbocycles. The van der Waals surface area contributed by atoms with Gasteiger partial charge in [0.1, 0.15) is 5.82 Å². The minimum absolute atomic E-state index is 0.0109. The minimum Gasteiger partial charge on any atom is -0.493 e. The Kier molecular flexibility index (Phi) is 9.88. The van der Waals surface area contributed by atoms with Crippen LogP contribution in [0.4, 0.5) is 17.6 Å². The summed E-state index contributed by atoms with van der Waals surface area (Å²) in [6, 6.07) is 10.8. The molecule has 1 amide bonds. The third kappa shape index (κ3) is 7.62. The quantitative estimate of drug-likeness (QED) is 0.172. The van der Waals surface area contributed by atoms with E-state index in [1.54, 1.807) is 6.92 Å². The van der Waals surface area contributed by atoms with Gasteiger partial charge in [-0.1, -0.05) is 0 Å². The Bertz CT molecular complexity index is 1580. The number of ether oxygens (including phenoxy) is 3. The molecule has 2 aromatic carbocycles. The third-order valence-electron chi connectivity index (χ3n) is 7.71. The smallest absolute Gasteiger partial charge is 0.422 e. The van der Waals surface area contributed by atoms with Gasteiger partial charge in [-0.25, -0.2) is 9.37 Å². The van der Waals surface area contributed by atoms with E-state index in [2.05, 4.69) is 10.3 Å². The molecule has 2 atom stereocenters. The fraction of sp³-hybridized carbons (Fsp3) is 0.424. The van der Waals surface area contributed by atoms with Crippen molar-refractivity contribution >= 4 is 11.7 Å². The highest BCUT2D eigenvalue weighted by Crippen LogP contribution is 2.44. The number of nitrogens with zero attached hydrogens (tertiary/aromatic N) is 1. The molecule has 1 aliphatic rings. The maximum absolute atomic E-state index is 14.8. The fourth-order valence-corrected chi connectivity index (χ4v) is 5.04. The van der Waals surface area contributed by atoms with Gasteiger partial charge in [0.25, 0.3) is 0 Å². The topological polar surface area (TPSA) is 107 Å². The zero-order valence-electron chi connectivity index (χ0n) is 25.7. The minimum atomic E-state index is -5.26. The summed E-state index contributed by atoms with van der Waals surface area (Å²) in [7, 11) is 2.76. The zero-order chi connectivity index (χ0) is 33.2. The van der Waals surface area contributed by atoms with Crippen molar-refractivity contribution in [1.29, 1.82) is 0 Å². The monoisotopic (exact) mass is 632 g/mol. The highest BCUT2D eigenvalue weighted by atomic mass is 19.4. The number of aliphatic hydroxyl groups is 1. The Morgan fingerprint density at radius 2 is 1.76 bits per heavy atom. The van der Waals surface area contributed by atoms with E-state index in [0.29, 0.717) is 5.75 Å². The van der Waals surface area contributed by atoms with Crippen molar-refractivity contribution in [3.8, 4) is 22.8 Å². The predicted molar refractivity (Wildman–Crippen MR) is 158 cm³/mol. The summed E-state index contributed by atoms with van der Waals surface area (Å²) in [6.45, 7) is 4.16. The Hall–Kier alpha value is -4.03. The number of Topliss-reactive ketones (excluding diaryl/α,β-unsaturated/α-hetero) is 1. The van der Waals surface area contributed by atoms with Crippen LogP contribution in [-0.2, 0) is 20.7 Å². The van der Waals surface area contributed by atoms with Crippen molar-refractivity contribution in [3.05, 3.63) is 76.7 Å². The standard InChI is InChI=1S/C33H36F4N2O6/c1-19-14-21(6-10-25(19)34)26-16-23(31(3,18-43-4)39-20(2)40)17-30(38-26)32(42,33(35,36)37)13-12-27(41)22-7-11-28(29(15-22)44-5)45-24-8-9-24/h6-7,10-11,14-17,24,42H,8-9,12-13,18H2,1-5H3,(H,39,40). The lowest BCUT2D eigenvalue weighted by atomic mass is 9.85. The van der Waals surface area contributed by atoms with Crippen molar-refractivity contribution in [2.24, 2.45) is 0 Å². The van der Waals surface area contributed by atoms with Gasteiger partial charge in [0.05, 0.1) is 36.7 Å². The molecule has 45 heavy (non-hydrogen) atoms. The molecule has 3 aromatic rings. The van der Waals surface area contributed by atoms with Crippen molar-refractivity contribution < 1.29 is 46.5 Å². The molecule has 1 aromatic heterocycles. The summed E-state index contributed by atoms with van der Waals surface area (Å²) in [5, 5.41) is 14.1. The Morgan fingerprint density at radius 3 is 2.33 bits per heavy atom. The normalized spacial score (nSPS) is 16.0. The summed E-state index contributed by atoms with van der Waals surface area (Å²) in [4.78, 5) is 29.5. The highest BCUT2D eigenvalue weighted by Gasteiger charge is 2.56. The Morgan fingerprint density at radius 1 is 1.04 bits per heavy atom. The lowest BCUT2D eigenvalue weighted by Gasteiger charge is -2.34. The van der Waals surface area contributed by atoms with Gasteiger partial charge in [-0.15, -0.1) is 0 Å². The largest absolute Gasteiger partial charge is 0.493 e. The zero-order valence-corrected chi connectivity index (χ0v) is 25.7. The van der Waals surface area contributed by atoms with Crippen molar-refractivity contribution in [3.63, 3.8) is 0 Å². The molecule has 0 bridgehead atoms.